The highest BCUT2D eigenvalue weighted by Gasteiger charge is 2.12. The van der Waals surface area contributed by atoms with Gasteiger partial charge in [-0.1, -0.05) is 58.4 Å². The summed E-state index contributed by atoms with van der Waals surface area (Å²) >= 11 is 5.65. The molecule has 0 saturated heterocycles. The van der Waals surface area contributed by atoms with Crippen LogP contribution in [0.5, 0.6) is 5.75 Å². The van der Waals surface area contributed by atoms with Crippen LogP contribution in [0.3, 0.4) is 0 Å². The molecule has 0 fully saturated rings. The predicted molar refractivity (Wildman–Crippen MR) is 142 cm³/mol. The van der Waals surface area contributed by atoms with E-state index in [1.165, 1.54) is 0 Å². The summed E-state index contributed by atoms with van der Waals surface area (Å²) in [5, 5.41) is 6.14. The molecule has 4 rings (SSSR count). The Hall–Kier alpha value is -3.04. The molecule has 0 spiro atoms. The van der Waals surface area contributed by atoms with Crippen molar-refractivity contribution < 1.29 is 14.3 Å². The van der Waals surface area contributed by atoms with Gasteiger partial charge in [0.25, 0.3) is 0 Å². The van der Waals surface area contributed by atoms with Crippen LogP contribution in [-0.2, 0) is 11.2 Å². The van der Waals surface area contributed by atoms with E-state index < -0.39 is 5.97 Å². The number of hydrazone groups is 1. The molecule has 0 radical (unpaired) electrons. The average molecular weight is 613 g/mol. The second-order valence-electron chi connectivity index (χ2n) is 7.16. The summed E-state index contributed by atoms with van der Waals surface area (Å²) in [6.45, 7) is 0. The molecular formula is C26H18BrIN2O3. The molecule has 0 bridgehead atoms. The quantitative estimate of drug-likeness (QED) is 0.0938. The van der Waals surface area contributed by atoms with Crippen molar-refractivity contribution in [2.75, 3.05) is 0 Å². The van der Waals surface area contributed by atoms with Crippen molar-refractivity contribution in [3.8, 4) is 5.75 Å². The van der Waals surface area contributed by atoms with Crippen molar-refractivity contribution >= 4 is 67.4 Å². The topological polar surface area (TPSA) is 67.8 Å². The van der Waals surface area contributed by atoms with Gasteiger partial charge in [0, 0.05) is 8.04 Å². The molecule has 4 aromatic carbocycles. The second kappa shape index (κ2) is 10.7. The van der Waals surface area contributed by atoms with Crippen LogP contribution in [0.15, 0.2) is 94.5 Å². The Balaban J connectivity index is 1.34. The number of carbonyl (C=O) groups excluding carboxylic acids is 2. The Morgan fingerprint density at radius 2 is 1.61 bits per heavy atom. The number of rotatable bonds is 6. The molecule has 0 atom stereocenters. The van der Waals surface area contributed by atoms with Crippen molar-refractivity contribution in [2.24, 2.45) is 5.10 Å². The van der Waals surface area contributed by atoms with Crippen molar-refractivity contribution in [3.63, 3.8) is 0 Å². The lowest BCUT2D eigenvalue weighted by Gasteiger charge is -2.07. The summed E-state index contributed by atoms with van der Waals surface area (Å²) < 4.78 is 7.25. The maximum Gasteiger partial charge on any atom is 0.344 e. The average Bonchev–Trinajstić information content (AvgIpc) is 2.82. The summed E-state index contributed by atoms with van der Waals surface area (Å²) in [6.07, 6.45) is 1.77. The molecule has 0 aliphatic rings. The van der Waals surface area contributed by atoms with Gasteiger partial charge in [-0.3, -0.25) is 4.79 Å². The highest BCUT2D eigenvalue weighted by Crippen LogP contribution is 2.27. The maximum atomic E-state index is 12.4. The Labute approximate surface area is 213 Å². The van der Waals surface area contributed by atoms with Crippen molar-refractivity contribution in [2.45, 2.75) is 6.42 Å². The predicted octanol–water partition coefficient (Wildman–Crippen LogP) is 6.12. The lowest BCUT2D eigenvalue weighted by molar-refractivity contribution is -0.120. The molecule has 164 valence electrons. The fraction of sp³-hybridized carbons (Fsp3) is 0.0385. The van der Waals surface area contributed by atoms with Gasteiger partial charge in [-0.25, -0.2) is 10.2 Å². The molecule has 0 heterocycles. The summed E-state index contributed by atoms with van der Waals surface area (Å²) in [7, 11) is 0. The van der Waals surface area contributed by atoms with Gasteiger partial charge < -0.3 is 4.74 Å². The van der Waals surface area contributed by atoms with E-state index in [-0.39, 0.29) is 12.3 Å². The molecule has 5 nitrogen and oxygen atoms in total. The van der Waals surface area contributed by atoms with Gasteiger partial charge in [0.1, 0.15) is 5.75 Å². The zero-order chi connectivity index (χ0) is 23.2. The van der Waals surface area contributed by atoms with E-state index in [9.17, 15) is 9.59 Å². The Morgan fingerprint density at radius 1 is 0.909 bits per heavy atom. The molecule has 0 saturated carbocycles. The largest absolute Gasteiger partial charge is 0.423 e. The Morgan fingerprint density at radius 3 is 2.36 bits per heavy atom. The van der Waals surface area contributed by atoms with Gasteiger partial charge in [-0.2, -0.15) is 5.10 Å². The van der Waals surface area contributed by atoms with Crippen LogP contribution in [0.1, 0.15) is 21.5 Å². The second-order valence-corrected chi connectivity index (χ2v) is 9.18. The third kappa shape index (κ3) is 5.85. The number of nitrogens with zero attached hydrogens (tertiary/aromatic N) is 1. The first-order valence-electron chi connectivity index (χ1n) is 10.1. The number of benzene rings is 4. The highest BCUT2D eigenvalue weighted by atomic mass is 127. The summed E-state index contributed by atoms with van der Waals surface area (Å²) in [5.74, 6) is -0.182. The minimum Gasteiger partial charge on any atom is -0.423 e. The standard InChI is InChI=1S/C26H18BrIN2O3/c27-23-14-11-18(20-5-1-2-6-21(20)23)15-25(31)30-29-16-17-9-12-19(13-10-17)33-26(32)22-7-3-4-8-24(22)28/h1-14,16H,15H2,(H,30,31). The number of amides is 1. The van der Waals surface area contributed by atoms with Crippen LogP contribution in [0.2, 0.25) is 0 Å². The Bertz CT molecular complexity index is 1350. The van der Waals surface area contributed by atoms with Crippen LogP contribution in [0, 0.1) is 3.57 Å². The molecule has 33 heavy (non-hydrogen) atoms. The van der Waals surface area contributed by atoms with Gasteiger partial charge in [0.05, 0.1) is 18.2 Å². The van der Waals surface area contributed by atoms with Gasteiger partial charge in [0.2, 0.25) is 5.91 Å². The lowest BCUT2D eigenvalue weighted by atomic mass is 10.0. The number of esters is 1. The van der Waals surface area contributed by atoms with E-state index in [1.54, 1.807) is 42.6 Å². The molecule has 0 aliphatic heterocycles. The van der Waals surface area contributed by atoms with Crippen LogP contribution in [0.4, 0.5) is 0 Å². The van der Waals surface area contributed by atoms with Crippen molar-refractivity contribution in [3.05, 3.63) is 110 Å². The summed E-state index contributed by atoms with van der Waals surface area (Å²) in [6, 6.07) is 26.0. The number of fused-ring (bicyclic) bond motifs is 1. The summed E-state index contributed by atoms with van der Waals surface area (Å²) in [5.41, 5.74) is 4.78. The molecular weight excluding hydrogens is 595 g/mol. The Kier molecular flexibility index (Phi) is 7.51. The number of nitrogens with one attached hydrogen (secondary N) is 1. The van der Waals surface area contributed by atoms with Crippen LogP contribution < -0.4 is 10.2 Å². The fourth-order valence-electron chi connectivity index (χ4n) is 3.28. The van der Waals surface area contributed by atoms with E-state index in [0.29, 0.717) is 11.3 Å². The number of carbonyl (C=O) groups is 2. The van der Waals surface area contributed by atoms with Crippen LogP contribution >= 0.6 is 38.5 Å². The van der Waals surface area contributed by atoms with Gasteiger partial charge in [-0.15, -0.1) is 0 Å². The number of halogens is 2. The first-order chi connectivity index (χ1) is 16.0. The number of hydrogen-bond acceptors (Lipinski definition) is 4. The first kappa shape index (κ1) is 23.1. The molecule has 0 aromatic heterocycles. The van der Waals surface area contributed by atoms with E-state index >= 15 is 0 Å². The zero-order valence-electron chi connectivity index (χ0n) is 17.3. The fourth-order valence-corrected chi connectivity index (χ4v) is 4.37. The molecule has 4 aromatic rings. The number of hydrogen-bond donors (Lipinski definition) is 1. The third-order valence-electron chi connectivity index (χ3n) is 4.90. The van der Waals surface area contributed by atoms with Crippen LogP contribution in [0.25, 0.3) is 10.8 Å². The van der Waals surface area contributed by atoms with E-state index in [1.807, 2.05) is 48.5 Å². The van der Waals surface area contributed by atoms with Gasteiger partial charge in [0.15, 0.2) is 0 Å². The minimum absolute atomic E-state index is 0.207. The molecule has 1 amide bonds. The van der Waals surface area contributed by atoms with Crippen molar-refractivity contribution in [1.82, 2.24) is 5.43 Å². The van der Waals surface area contributed by atoms with Gasteiger partial charge in [-0.05, 0) is 87.0 Å². The smallest absolute Gasteiger partial charge is 0.344 e. The van der Waals surface area contributed by atoms with Gasteiger partial charge >= 0.3 is 5.97 Å². The monoisotopic (exact) mass is 612 g/mol. The lowest BCUT2D eigenvalue weighted by Crippen LogP contribution is -2.19. The molecule has 0 aliphatic carbocycles. The van der Waals surface area contributed by atoms with E-state index in [2.05, 4.69) is 49.0 Å². The highest BCUT2D eigenvalue weighted by molar-refractivity contribution is 14.1. The maximum absolute atomic E-state index is 12.4. The van der Waals surface area contributed by atoms with E-state index in [4.69, 9.17) is 4.74 Å². The minimum atomic E-state index is -0.408. The zero-order valence-corrected chi connectivity index (χ0v) is 21.0. The van der Waals surface area contributed by atoms with E-state index in [0.717, 1.165) is 29.9 Å². The normalized spacial score (nSPS) is 11.0. The number of ether oxygens (including phenoxy) is 1. The third-order valence-corrected chi connectivity index (χ3v) is 6.53. The summed E-state index contributed by atoms with van der Waals surface area (Å²) in [4.78, 5) is 24.7. The molecule has 7 heteroatoms. The van der Waals surface area contributed by atoms with Crippen molar-refractivity contribution in [1.29, 1.82) is 0 Å². The first-order valence-corrected chi connectivity index (χ1v) is 11.9. The SMILES string of the molecule is O=C(Cc1ccc(Br)c2ccccc12)NN=Cc1ccc(OC(=O)c2ccccc2I)cc1. The molecule has 1 N–H and O–H groups in total. The molecule has 0 unspecified atom stereocenters. The van der Waals surface area contributed by atoms with Crippen LogP contribution in [-0.4, -0.2) is 18.1 Å².